The van der Waals surface area contributed by atoms with Crippen LogP contribution < -0.4 is 10.6 Å². The van der Waals surface area contributed by atoms with Crippen molar-refractivity contribution in [3.63, 3.8) is 0 Å². The molecule has 0 atom stereocenters. The zero-order valence-corrected chi connectivity index (χ0v) is 13.9. The minimum Gasteiger partial charge on any atom is -0.372 e. The highest BCUT2D eigenvalue weighted by Gasteiger charge is 2.16. The second kappa shape index (κ2) is 7.00. The van der Waals surface area contributed by atoms with Gasteiger partial charge in [-0.2, -0.15) is 0 Å². The molecule has 0 saturated carbocycles. The van der Waals surface area contributed by atoms with Gasteiger partial charge in [0.25, 0.3) is 5.91 Å². The fourth-order valence-corrected chi connectivity index (χ4v) is 2.44. The van der Waals surface area contributed by atoms with Gasteiger partial charge in [0.2, 0.25) is 10.0 Å². The molecule has 1 rings (SSSR count). The van der Waals surface area contributed by atoms with Gasteiger partial charge in [0, 0.05) is 38.4 Å². The third kappa shape index (κ3) is 4.43. The van der Waals surface area contributed by atoms with E-state index in [4.69, 9.17) is 0 Å². The molecule has 1 aromatic heterocycles. The van der Waals surface area contributed by atoms with Crippen molar-refractivity contribution in [3.8, 4) is 0 Å². The lowest BCUT2D eigenvalue weighted by Crippen LogP contribution is -2.34. The Kier molecular flexibility index (Phi) is 5.90. The Morgan fingerprint density at radius 2 is 2.10 bits per heavy atom. The number of hydrogen-bond donors (Lipinski definition) is 2. The first-order valence-electron chi connectivity index (χ1n) is 5.79. The quantitative estimate of drug-likeness (QED) is 0.767. The third-order valence-corrected chi connectivity index (χ3v) is 4.80. The highest BCUT2D eigenvalue weighted by Crippen LogP contribution is 2.17. The monoisotopic (exact) mass is 364 g/mol. The van der Waals surface area contributed by atoms with Gasteiger partial charge in [-0.3, -0.25) is 4.79 Å². The van der Waals surface area contributed by atoms with Gasteiger partial charge in [0.15, 0.2) is 0 Å². The number of halogens is 1. The maximum absolute atomic E-state index is 12.0. The SMILES string of the molecule is CNc1ncc(Br)cc1C(=O)NCCS(=O)(=O)N(C)C. The van der Waals surface area contributed by atoms with Crippen LogP contribution in [-0.4, -0.2) is 57.1 Å². The second-order valence-corrected chi connectivity index (χ2v) is 7.37. The van der Waals surface area contributed by atoms with E-state index in [-0.39, 0.29) is 18.2 Å². The lowest BCUT2D eigenvalue weighted by molar-refractivity contribution is 0.0956. The van der Waals surface area contributed by atoms with Gasteiger partial charge in [-0.05, 0) is 22.0 Å². The summed E-state index contributed by atoms with van der Waals surface area (Å²) in [5.41, 5.74) is 0.351. The molecule has 9 heteroatoms. The standard InChI is InChI=1S/C11H17BrN4O3S/c1-13-10-9(6-8(12)7-15-10)11(17)14-4-5-20(18,19)16(2)3/h6-7H,4-5H2,1-3H3,(H,13,15)(H,14,17). The summed E-state index contributed by atoms with van der Waals surface area (Å²) in [6.07, 6.45) is 1.57. The topological polar surface area (TPSA) is 91.4 Å². The predicted octanol–water partition coefficient (Wildman–Crippen LogP) is 0.507. The Bertz CT molecular complexity index is 589. The smallest absolute Gasteiger partial charge is 0.255 e. The molecular formula is C11H17BrN4O3S. The highest BCUT2D eigenvalue weighted by molar-refractivity contribution is 9.10. The first kappa shape index (κ1) is 16.9. The highest BCUT2D eigenvalue weighted by atomic mass is 79.9. The molecule has 0 saturated heterocycles. The number of sulfonamides is 1. The summed E-state index contributed by atoms with van der Waals surface area (Å²) in [4.78, 5) is 16.1. The van der Waals surface area contributed by atoms with Gasteiger partial charge in [-0.25, -0.2) is 17.7 Å². The summed E-state index contributed by atoms with van der Waals surface area (Å²) in [6, 6.07) is 1.62. The molecule has 7 nitrogen and oxygen atoms in total. The van der Waals surface area contributed by atoms with Crippen LogP contribution in [0.3, 0.4) is 0 Å². The molecule has 0 bridgehead atoms. The molecule has 112 valence electrons. The maximum atomic E-state index is 12.0. The van der Waals surface area contributed by atoms with Crippen LogP contribution in [0.2, 0.25) is 0 Å². The lowest BCUT2D eigenvalue weighted by Gasteiger charge is -2.12. The van der Waals surface area contributed by atoms with Crippen molar-refractivity contribution in [2.45, 2.75) is 0 Å². The third-order valence-electron chi connectivity index (χ3n) is 2.54. The van der Waals surface area contributed by atoms with Gasteiger partial charge in [0.1, 0.15) is 5.82 Å². The van der Waals surface area contributed by atoms with Crippen LogP contribution >= 0.6 is 15.9 Å². The number of anilines is 1. The molecule has 0 radical (unpaired) electrons. The molecule has 2 N–H and O–H groups in total. The van der Waals surface area contributed by atoms with E-state index in [0.717, 1.165) is 4.31 Å². The number of amides is 1. The molecular weight excluding hydrogens is 348 g/mol. The van der Waals surface area contributed by atoms with E-state index in [9.17, 15) is 13.2 Å². The first-order valence-corrected chi connectivity index (χ1v) is 8.20. The molecule has 0 aliphatic rings. The minimum absolute atomic E-state index is 0.0367. The lowest BCUT2D eigenvalue weighted by atomic mass is 10.2. The molecule has 0 spiro atoms. The molecule has 1 heterocycles. The molecule has 0 aromatic carbocycles. The predicted molar refractivity (Wildman–Crippen MR) is 81.3 cm³/mol. The van der Waals surface area contributed by atoms with E-state index in [1.54, 1.807) is 19.3 Å². The van der Waals surface area contributed by atoms with Crippen molar-refractivity contribution in [1.82, 2.24) is 14.6 Å². The zero-order chi connectivity index (χ0) is 15.3. The number of aromatic nitrogens is 1. The van der Waals surface area contributed by atoms with E-state index in [1.807, 2.05) is 0 Å². The van der Waals surface area contributed by atoms with Crippen molar-refractivity contribution >= 4 is 37.7 Å². The number of rotatable bonds is 6. The van der Waals surface area contributed by atoms with Crippen LogP contribution in [0.4, 0.5) is 5.82 Å². The van der Waals surface area contributed by atoms with E-state index < -0.39 is 10.0 Å². The number of nitrogens with one attached hydrogen (secondary N) is 2. The van der Waals surface area contributed by atoms with Gasteiger partial charge < -0.3 is 10.6 Å². The number of nitrogens with zero attached hydrogens (tertiary/aromatic N) is 2. The minimum atomic E-state index is -3.32. The maximum Gasteiger partial charge on any atom is 0.255 e. The number of hydrogen-bond acceptors (Lipinski definition) is 5. The van der Waals surface area contributed by atoms with Crippen LogP contribution in [0.1, 0.15) is 10.4 Å². The second-order valence-electron chi connectivity index (χ2n) is 4.15. The van der Waals surface area contributed by atoms with Crippen LogP contribution in [0, 0.1) is 0 Å². The average molecular weight is 365 g/mol. The largest absolute Gasteiger partial charge is 0.372 e. The fraction of sp³-hybridized carbons (Fsp3) is 0.455. The van der Waals surface area contributed by atoms with Crippen LogP contribution in [-0.2, 0) is 10.0 Å². The number of carbonyl (C=O) groups is 1. The Hall–Kier alpha value is -1.19. The number of carbonyl (C=O) groups excluding carboxylic acids is 1. The van der Waals surface area contributed by atoms with Gasteiger partial charge >= 0.3 is 0 Å². The van der Waals surface area contributed by atoms with E-state index in [2.05, 4.69) is 31.5 Å². The van der Waals surface area contributed by atoms with Gasteiger partial charge in [-0.1, -0.05) is 0 Å². The Labute approximate surface area is 126 Å². The fourth-order valence-electron chi connectivity index (χ4n) is 1.38. The Morgan fingerprint density at radius 1 is 1.45 bits per heavy atom. The Morgan fingerprint density at radius 3 is 2.65 bits per heavy atom. The van der Waals surface area contributed by atoms with Crippen molar-refractivity contribution in [1.29, 1.82) is 0 Å². The van der Waals surface area contributed by atoms with Gasteiger partial charge in [0.05, 0.1) is 11.3 Å². The summed E-state index contributed by atoms with van der Waals surface area (Å²) in [5, 5.41) is 5.38. The van der Waals surface area contributed by atoms with E-state index in [1.165, 1.54) is 14.1 Å². The number of pyridine rings is 1. The zero-order valence-electron chi connectivity index (χ0n) is 11.5. The molecule has 0 aliphatic carbocycles. The molecule has 20 heavy (non-hydrogen) atoms. The Balaban J connectivity index is 2.71. The van der Waals surface area contributed by atoms with Crippen molar-refractivity contribution < 1.29 is 13.2 Å². The van der Waals surface area contributed by atoms with Gasteiger partial charge in [-0.15, -0.1) is 0 Å². The average Bonchev–Trinajstić information content (AvgIpc) is 2.38. The molecule has 0 fully saturated rings. The first-order chi connectivity index (χ1) is 9.27. The summed E-state index contributed by atoms with van der Waals surface area (Å²) < 4.78 is 24.9. The summed E-state index contributed by atoms with van der Waals surface area (Å²) >= 11 is 3.24. The summed E-state index contributed by atoms with van der Waals surface area (Å²) in [7, 11) is 1.24. The van der Waals surface area contributed by atoms with Crippen LogP contribution in [0.15, 0.2) is 16.7 Å². The van der Waals surface area contributed by atoms with Crippen molar-refractivity contribution in [2.75, 3.05) is 38.8 Å². The molecule has 1 aromatic rings. The normalized spacial score (nSPS) is 11.4. The van der Waals surface area contributed by atoms with Crippen molar-refractivity contribution in [3.05, 3.63) is 22.3 Å². The molecule has 0 unspecified atom stereocenters. The van der Waals surface area contributed by atoms with E-state index >= 15 is 0 Å². The van der Waals surface area contributed by atoms with Crippen LogP contribution in [0.25, 0.3) is 0 Å². The molecule has 1 amide bonds. The molecule has 0 aliphatic heterocycles. The summed E-state index contributed by atoms with van der Waals surface area (Å²) in [6.45, 7) is 0.0367. The summed E-state index contributed by atoms with van der Waals surface area (Å²) in [5.74, 6) is -0.0968. The van der Waals surface area contributed by atoms with Crippen LogP contribution in [0.5, 0.6) is 0 Å². The van der Waals surface area contributed by atoms with E-state index in [0.29, 0.717) is 15.9 Å². The van der Waals surface area contributed by atoms with Crippen molar-refractivity contribution in [2.24, 2.45) is 0 Å².